The van der Waals surface area contributed by atoms with E-state index in [0.29, 0.717) is 31.3 Å². The van der Waals surface area contributed by atoms with Crippen LogP contribution >= 0.6 is 24.0 Å². The molecule has 1 atom stereocenters. The highest BCUT2D eigenvalue weighted by atomic mass is 35.5. The molecule has 0 bridgehead atoms. The maximum absolute atomic E-state index is 5.85. The lowest BCUT2D eigenvalue weighted by Crippen LogP contribution is -2.33. The molecule has 2 heterocycles. The number of nitrogens with zero attached hydrogens (tertiary/aromatic N) is 2. The normalized spacial score (nSPS) is 18.6. The molecule has 1 aliphatic rings. The Morgan fingerprint density at radius 2 is 2.10 bits per heavy atom. The van der Waals surface area contributed by atoms with Crippen LogP contribution in [0.2, 0.25) is 5.02 Å². The van der Waals surface area contributed by atoms with Crippen molar-refractivity contribution in [2.75, 3.05) is 19.7 Å². The lowest BCUT2D eigenvalue weighted by Gasteiger charge is -2.19. The van der Waals surface area contributed by atoms with Crippen LogP contribution in [-0.4, -0.2) is 29.8 Å². The Morgan fingerprint density at radius 3 is 2.80 bits per heavy atom. The largest absolute Gasteiger partial charge is 0.366 e. The fourth-order valence-electron chi connectivity index (χ4n) is 1.98. The number of ether oxygens (including phenoxy) is 1. The maximum atomic E-state index is 5.85. The Hall–Kier alpha value is -1.14. The third-order valence-corrected chi connectivity index (χ3v) is 3.21. The molecule has 0 radical (unpaired) electrons. The second-order valence-electron chi connectivity index (χ2n) is 4.42. The van der Waals surface area contributed by atoms with Crippen LogP contribution in [0.5, 0.6) is 0 Å². The van der Waals surface area contributed by atoms with Crippen LogP contribution in [0.4, 0.5) is 0 Å². The van der Waals surface area contributed by atoms with Gasteiger partial charge in [-0.15, -0.1) is 12.4 Å². The van der Waals surface area contributed by atoms with Gasteiger partial charge in [0.2, 0.25) is 0 Å². The van der Waals surface area contributed by atoms with Crippen molar-refractivity contribution in [2.24, 2.45) is 0 Å². The minimum Gasteiger partial charge on any atom is -0.366 e. The first-order valence-electron chi connectivity index (χ1n) is 6.20. The first kappa shape index (κ1) is 15.3. The molecule has 2 aromatic rings. The molecule has 1 aromatic carbocycles. The molecule has 7 heteroatoms. The quantitative estimate of drug-likeness (QED) is 0.942. The Morgan fingerprint density at radius 1 is 1.30 bits per heavy atom. The average Bonchev–Trinajstić information content (AvgIpc) is 2.91. The Balaban J connectivity index is 0.00000147. The van der Waals surface area contributed by atoms with Gasteiger partial charge in [0, 0.05) is 24.5 Å². The molecule has 1 saturated heterocycles. The number of hydrogen-bond acceptors (Lipinski definition) is 5. The number of hydrogen-bond donors (Lipinski definition) is 1. The molecule has 0 spiro atoms. The molecule has 1 unspecified atom stereocenters. The van der Waals surface area contributed by atoms with Crippen molar-refractivity contribution in [2.45, 2.75) is 12.5 Å². The van der Waals surface area contributed by atoms with Crippen molar-refractivity contribution in [3.05, 3.63) is 46.6 Å². The van der Waals surface area contributed by atoms with Gasteiger partial charge in [0.1, 0.15) is 6.10 Å². The number of benzene rings is 1. The second kappa shape index (κ2) is 7.04. The van der Waals surface area contributed by atoms with Gasteiger partial charge in [-0.1, -0.05) is 28.9 Å². The minimum atomic E-state index is -0.139. The molecule has 1 aromatic heterocycles. The van der Waals surface area contributed by atoms with Crippen LogP contribution in [0.1, 0.15) is 23.4 Å². The smallest absolute Gasteiger partial charge is 0.257 e. The predicted octanol–water partition coefficient (Wildman–Crippen LogP) is 2.40. The Bertz CT molecular complexity index is 539. The molecule has 5 nitrogen and oxygen atoms in total. The van der Waals surface area contributed by atoms with Crippen LogP contribution in [-0.2, 0) is 11.2 Å². The van der Waals surface area contributed by atoms with E-state index in [0.717, 1.165) is 17.1 Å². The average molecular weight is 316 g/mol. The van der Waals surface area contributed by atoms with Crippen molar-refractivity contribution in [3.63, 3.8) is 0 Å². The molecule has 0 saturated carbocycles. The zero-order chi connectivity index (χ0) is 13.1. The van der Waals surface area contributed by atoms with Gasteiger partial charge < -0.3 is 14.6 Å². The summed E-state index contributed by atoms with van der Waals surface area (Å²) < 4.78 is 10.8. The van der Waals surface area contributed by atoms with E-state index in [-0.39, 0.29) is 18.5 Å². The predicted molar refractivity (Wildman–Crippen MR) is 77.4 cm³/mol. The standard InChI is InChI=1S/C13H14ClN3O2.ClH/c14-10-3-1-9(2-4-10)7-12-16-13(19-17-12)11-8-15-5-6-18-11;/h1-4,11,15H,5-8H2;1H. The summed E-state index contributed by atoms with van der Waals surface area (Å²) in [6.07, 6.45) is 0.487. The van der Waals surface area contributed by atoms with Gasteiger partial charge in [-0.05, 0) is 17.7 Å². The summed E-state index contributed by atoms with van der Waals surface area (Å²) in [6, 6.07) is 7.62. The first-order chi connectivity index (χ1) is 9.31. The van der Waals surface area contributed by atoms with E-state index in [2.05, 4.69) is 15.5 Å². The van der Waals surface area contributed by atoms with Crippen LogP contribution in [0, 0.1) is 0 Å². The highest BCUT2D eigenvalue weighted by Gasteiger charge is 2.22. The van der Waals surface area contributed by atoms with Crippen molar-refractivity contribution >= 4 is 24.0 Å². The third kappa shape index (κ3) is 3.70. The van der Waals surface area contributed by atoms with Crippen LogP contribution in [0.3, 0.4) is 0 Å². The molecular weight excluding hydrogens is 301 g/mol. The van der Waals surface area contributed by atoms with E-state index in [4.69, 9.17) is 20.9 Å². The minimum absolute atomic E-state index is 0. The molecular formula is C13H15Cl2N3O2. The Labute approximate surface area is 128 Å². The molecule has 1 fully saturated rings. The van der Waals surface area contributed by atoms with Gasteiger partial charge in [0.05, 0.1) is 6.61 Å². The number of halogens is 2. The van der Waals surface area contributed by atoms with Crippen molar-refractivity contribution in [3.8, 4) is 0 Å². The highest BCUT2D eigenvalue weighted by Crippen LogP contribution is 2.18. The summed E-state index contributed by atoms with van der Waals surface area (Å²) in [5, 5.41) is 7.93. The molecule has 0 amide bonds. The maximum Gasteiger partial charge on any atom is 0.257 e. The molecule has 1 aliphatic heterocycles. The molecule has 3 rings (SSSR count). The topological polar surface area (TPSA) is 60.2 Å². The van der Waals surface area contributed by atoms with Gasteiger partial charge in [-0.25, -0.2) is 0 Å². The van der Waals surface area contributed by atoms with Gasteiger partial charge in [0.15, 0.2) is 5.82 Å². The van der Waals surface area contributed by atoms with Gasteiger partial charge in [0.25, 0.3) is 5.89 Å². The number of morpholine rings is 1. The van der Waals surface area contributed by atoms with Gasteiger partial charge in [-0.2, -0.15) is 4.98 Å². The van der Waals surface area contributed by atoms with Crippen LogP contribution in [0.15, 0.2) is 28.8 Å². The van der Waals surface area contributed by atoms with E-state index in [1.165, 1.54) is 0 Å². The first-order valence-corrected chi connectivity index (χ1v) is 6.58. The molecule has 1 N–H and O–H groups in total. The zero-order valence-corrected chi connectivity index (χ0v) is 12.3. The van der Waals surface area contributed by atoms with Crippen LogP contribution in [0.25, 0.3) is 0 Å². The molecule has 20 heavy (non-hydrogen) atoms. The summed E-state index contributed by atoms with van der Waals surface area (Å²) in [4.78, 5) is 4.38. The SMILES string of the molecule is Cl.Clc1ccc(Cc2noc(C3CNCCO3)n2)cc1. The fraction of sp³-hybridized carbons (Fsp3) is 0.385. The molecule has 0 aliphatic carbocycles. The lowest BCUT2D eigenvalue weighted by atomic mass is 10.1. The van der Waals surface area contributed by atoms with Crippen molar-refractivity contribution < 1.29 is 9.26 Å². The number of aromatic nitrogens is 2. The molecule has 108 valence electrons. The van der Waals surface area contributed by atoms with E-state index in [1.54, 1.807) is 0 Å². The summed E-state index contributed by atoms with van der Waals surface area (Å²) in [7, 11) is 0. The van der Waals surface area contributed by atoms with E-state index in [9.17, 15) is 0 Å². The van der Waals surface area contributed by atoms with Crippen LogP contribution < -0.4 is 5.32 Å². The van der Waals surface area contributed by atoms with E-state index < -0.39 is 0 Å². The summed E-state index contributed by atoms with van der Waals surface area (Å²) in [6.45, 7) is 2.24. The monoisotopic (exact) mass is 315 g/mol. The fourth-order valence-corrected chi connectivity index (χ4v) is 2.10. The van der Waals surface area contributed by atoms with E-state index in [1.807, 2.05) is 24.3 Å². The Kier molecular flexibility index (Phi) is 5.37. The lowest BCUT2D eigenvalue weighted by molar-refractivity contribution is 0.00755. The number of rotatable bonds is 3. The second-order valence-corrected chi connectivity index (χ2v) is 4.85. The summed E-state index contributed by atoms with van der Waals surface area (Å²) >= 11 is 5.85. The van der Waals surface area contributed by atoms with Gasteiger partial charge >= 0.3 is 0 Å². The van der Waals surface area contributed by atoms with Gasteiger partial charge in [-0.3, -0.25) is 0 Å². The van der Waals surface area contributed by atoms with Crippen molar-refractivity contribution in [1.82, 2.24) is 15.5 Å². The van der Waals surface area contributed by atoms with E-state index >= 15 is 0 Å². The summed E-state index contributed by atoms with van der Waals surface area (Å²) in [5.74, 6) is 1.20. The summed E-state index contributed by atoms with van der Waals surface area (Å²) in [5.41, 5.74) is 1.10. The number of nitrogens with one attached hydrogen (secondary N) is 1. The third-order valence-electron chi connectivity index (χ3n) is 2.96. The zero-order valence-electron chi connectivity index (χ0n) is 10.7. The van der Waals surface area contributed by atoms with Crippen molar-refractivity contribution in [1.29, 1.82) is 0 Å². The highest BCUT2D eigenvalue weighted by molar-refractivity contribution is 6.30.